The van der Waals surface area contributed by atoms with Gasteiger partial charge in [0.2, 0.25) is 5.47 Å². The molecule has 0 aromatic rings. The Kier molecular flexibility index (Phi) is 1.44. The first-order chi connectivity index (χ1) is 4.02. The molecule has 0 aromatic carbocycles. The molecule has 0 saturated carbocycles. The first-order valence-electron chi connectivity index (χ1n) is 2.84. The molecule has 1 rings (SSSR count). The van der Waals surface area contributed by atoms with Crippen LogP contribution >= 0.6 is 7.60 Å². The molecule has 1 fully saturated rings. The lowest BCUT2D eigenvalue weighted by Crippen LogP contribution is -2.21. The van der Waals surface area contributed by atoms with E-state index in [1.807, 2.05) is 6.92 Å². The molecule has 2 unspecified atom stereocenters. The van der Waals surface area contributed by atoms with Crippen LogP contribution < -0.4 is 5.73 Å². The van der Waals surface area contributed by atoms with Crippen LogP contribution in [0.5, 0.6) is 0 Å². The van der Waals surface area contributed by atoms with Gasteiger partial charge in [0.1, 0.15) is 0 Å². The van der Waals surface area contributed by atoms with Crippen molar-refractivity contribution in [1.29, 1.82) is 0 Å². The Hall–Kier alpha value is 0.110. The Labute approximate surface area is 53.5 Å². The van der Waals surface area contributed by atoms with Crippen molar-refractivity contribution in [3.63, 3.8) is 0 Å². The molecule has 0 aromatic heterocycles. The van der Waals surface area contributed by atoms with Crippen LogP contribution in [0, 0.1) is 0 Å². The molecule has 0 aliphatic carbocycles. The second-order valence-electron chi connectivity index (χ2n) is 2.21. The molecule has 1 saturated heterocycles. The number of hydrogen-bond donors (Lipinski definition) is 2. The fraction of sp³-hybridized carbons (Fsp3) is 1.00. The molecule has 54 valence electrons. The summed E-state index contributed by atoms with van der Waals surface area (Å²) < 4.78 is 15.0. The van der Waals surface area contributed by atoms with E-state index < -0.39 is 13.1 Å². The minimum absolute atomic E-state index is 0.459. The summed E-state index contributed by atoms with van der Waals surface area (Å²) in [6, 6.07) is 0. The summed E-state index contributed by atoms with van der Waals surface area (Å²) in [6.45, 7) is 1.89. The lowest BCUT2D eigenvalue weighted by atomic mass is 10.3. The topological polar surface area (TPSA) is 75.8 Å². The minimum Gasteiger partial charge on any atom is -0.321 e. The maximum Gasteiger partial charge on any atom is 0.377 e. The van der Waals surface area contributed by atoms with E-state index in [1.54, 1.807) is 0 Å². The third-order valence-electron chi connectivity index (χ3n) is 1.34. The fourth-order valence-electron chi connectivity index (χ4n) is 0.739. The van der Waals surface area contributed by atoms with Crippen LogP contribution in [0.25, 0.3) is 0 Å². The monoisotopic (exact) mass is 151 g/mol. The maximum atomic E-state index is 10.6. The SMILES string of the molecule is CCCC1(N)OP1(=O)O. The van der Waals surface area contributed by atoms with Gasteiger partial charge >= 0.3 is 7.60 Å². The van der Waals surface area contributed by atoms with Crippen LogP contribution in [0.1, 0.15) is 19.8 Å². The predicted octanol–water partition coefficient (Wildman–Crippen LogP) is 0.615. The number of rotatable bonds is 2. The maximum absolute atomic E-state index is 10.6. The molecule has 0 amide bonds. The normalized spacial score (nSPS) is 49.2. The summed E-state index contributed by atoms with van der Waals surface area (Å²) in [5.41, 5.74) is 4.11. The van der Waals surface area contributed by atoms with Gasteiger partial charge in [-0.15, -0.1) is 0 Å². The number of hydrogen-bond acceptors (Lipinski definition) is 3. The number of nitrogens with two attached hydrogens (primary N) is 1. The highest BCUT2D eigenvalue weighted by molar-refractivity contribution is 7.60. The van der Waals surface area contributed by atoms with Gasteiger partial charge in [0, 0.05) is 6.42 Å². The highest BCUT2D eigenvalue weighted by Crippen LogP contribution is 2.73. The lowest BCUT2D eigenvalue weighted by Gasteiger charge is -1.96. The summed E-state index contributed by atoms with van der Waals surface area (Å²) in [5.74, 6) is 0. The van der Waals surface area contributed by atoms with Gasteiger partial charge in [0.15, 0.2) is 0 Å². The van der Waals surface area contributed by atoms with E-state index in [4.69, 9.17) is 10.6 Å². The van der Waals surface area contributed by atoms with Gasteiger partial charge in [-0.25, -0.2) is 0 Å². The third-order valence-corrected chi connectivity index (χ3v) is 3.01. The summed E-state index contributed by atoms with van der Waals surface area (Å²) >= 11 is 0. The van der Waals surface area contributed by atoms with Crippen LogP contribution in [-0.2, 0) is 9.09 Å². The van der Waals surface area contributed by atoms with Crippen molar-refractivity contribution in [1.82, 2.24) is 0 Å². The van der Waals surface area contributed by atoms with E-state index in [0.717, 1.165) is 6.42 Å². The smallest absolute Gasteiger partial charge is 0.321 e. The first kappa shape index (κ1) is 7.22. The second-order valence-corrected chi connectivity index (χ2v) is 4.19. The van der Waals surface area contributed by atoms with Gasteiger partial charge in [-0.3, -0.25) is 14.8 Å². The van der Waals surface area contributed by atoms with Gasteiger partial charge in [-0.05, 0) is 0 Å². The van der Waals surface area contributed by atoms with Crippen LogP contribution in [0.3, 0.4) is 0 Å². The highest BCUT2D eigenvalue weighted by Gasteiger charge is 2.64. The molecule has 0 bridgehead atoms. The van der Waals surface area contributed by atoms with Crippen molar-refractivity contribution in [2.24, 2.45) is 5.73 Å². The van der Waals surface area contributed by atoms with Crippen molar-refractivity contribution in [3.8, 4) is 0 Å². The van der Waals surface area contributed by atoms with Gasteiger partial charge in [0.05, 0.1) is 0 Å². The molecule has 1 aliphatic heterocycles. The molecule has 1 aliphatic rings. The van der Waals surface area contributed by atoms with E-state index in [2.05, 4.69) is 4.52 Å². The highest BCUT2D eigenvalue weighted by atomic mass is 31.2. The third kappa shape index (κ3) is 1.03. The lowest BCUT2D eigenvalue weighted by molar-refractivity contribution is 0.301. The Morgan fingerprint density at radius 3 is 2.44 bits per heavy atom. The Bertz CT molecular complexity index is 171. The van der Waals surface area contributed by atoms with Gasteiger partial charge in [-0.1, -0.05) is 13.3 Å². The average Bonchev–Trinajstić information content (AvgIpc) is 2.07. The Morgan fingerprint density at radius 2 is 2.33 bits per heavy atom. The fourth-order valence-corrected chi connectivity index (χ4v) is 1.93. The van der Waals surface area contributed by atoms with Crippen molar-refractivity contribution in [3.05, 3.63) is 0 Å². The predicted molar refractivity (Wildman–Crippen MR) is 32.7 cm³/mol. The molecule has 5 heteroatoms. The molecule has 0 spiro atoms. The summed E-state index contributed by atoms with van der Waals surface area (Å²) in [7, 11) is -3.35. The molecule has 9 heavy (non-hydrogen) atoms. The first-order valence-corrected chi connectivity index (χ1v) is 4.42. The van der Waals surface area contributed by atoms with Gasteiger partial charge in [0.25, 0.3) is 0 Å². The molecular weight excluding hydrogens is 141 g/mol. The molecular formula is C4H10NO3P. The van der Waals surface area contributed by atoms with Crippen molar-refractivity contribution in [2.75, 3.05) is 0 Å². The van der Waals surface area contributed by atoms with E-state index in [9.17, 15) is 4.57 Å². The van der Waals surface area contributed by atoms with Crippen LogP contribution in [0.15, 0.2) is 0 Å². The van der Waals surface area contributed by atoms with Crippen LogP contribution in [0.4, 0.5) is 0 Å². The Morgan fingerprint density at radius 1 is 1.89 bits per heavy atom. The minimum atomic E-state index is -3.35. The van der Waals surface area contributed by atoms with Crippen LogP contribution in [0.2, 0.25) is 0 Å². The van der Waals surface area contributed by atoms with Crippen molar-refractivity contribution >= 4 is 7.60 Å². The average molecular weight is 151 g/mol. The van der Waals surface area contributed by atoms with E-state index >= 15 is 0 Å². The van der Waals surface area contributed by atoms with Crippen molar-refractivity contribution < 1.29 is 14.0 Å². The molecule has 2 atom stereocenters. The van der Waals surface area contributed by atoms with E-state index in [-0.39, 0.29) is 0 Å². The van der Waals surface area contributed by atoms with Crippen molar-refractivity contribution in [2.45, 2.75) is 25.2 Å². The van der Waals surface area contributed by atoms with Gasteiger partial charge in [-0.2, -0.15) is 0 Å². The Balaban J connectivity index is 2.53. The zero-order chi connectivity index (χ0) is 7.12. The summed E-state index contributed by atoms with van der Waals surface area (Å²) in [5, 5.41) is 0. The zero-order valence-corrected chi connectivity index (χ0v) is 6.10. The molecule has 3 N–H and O–H groups in total. The molecule has 0 radical (unpaired) electrons. The summed E-state index contributed by atoms with van der Waals surface area (Å²) in [4.78, 5) is 8.69. The largest absolute Gasteiger partial charge is 0.377 e. The van der Waals surface area contributed by atoms with Crippen LogP contribution in [-0.4, -0.2) is 10.4 Å². The zero-order valence-electron chi connectivity index (χ0n) is 5.20. The van der Waals surface area contributed by atoms with Gasteiger partial charge < -0.3 is 4.89 Å². The van der Waals surface area contributed by atoms with E-state index in [1.165, 1.54) is 0 Å². The molecule has 4 nitrogen and oxygen atoms in total. The standard InChI is InChI=1S/C4H10NO3P/c1-2-3-4(5)8-9(4,6)7/h2-3,5H2,1H3,(H,6,7). The quantitative estimate of drug-likeness (QED) is 0.448. The second kappa shape index (κ2) is 1.80. The summed E-state index contributed by atoms with van der Waals surface area (Å²) in [6.07, 6.45) is 1.22. The molecule has 1 heterocycles. The van der Waals surface area contributed by atoms with E-state index in [0.29, 0.717) is 6.42 Å².